The van der Waals surface area contributed by atoms with E-state index in [1.807, 2.05) is 10.8 Å². The number of hydrogen-bond acceptors (Lipinski definition) is 5. The average Bonchev–Trinajstić information content (AvgIpc) is 2.96. The first-order valence-electron chi connectivity index (χ1n) is 5.32. The molecule has 2 N–H and O–H groups in total. The molecule has 0 bridgehead atoms. The molecular formula is C10H15N5O. The fraction of sp³-hybridized carbons (Fsp3) is 0.500. The van der Waals surface area contributed by atoms with Crippen LogP contribution in [0.3, 0.4) is 0 Å². The number of nitrogens with zero attached hydrogens (tertiary/aromatic N) is 4. The number of hydrogen-bond donors (Lipinski definition) is 1. The summed E-state index contributed by atoms with van der Waals surface area (Å²) >= 11 is 0. The number of rotatable bonds is 5. The summed E-state index contributed by atoms with van der Waals surface area (Å²) in [4.78, 5) is 8.08. The Morgan fingerprint density at radius 2 is 2.44 bits per heavy atom. The van der Waals surface area contributed by atoms with Gasteiger partial charge < -0.3 is 14.8 Å². The molecule has 2 aromatic rings. The van der Waals surface area contributed by atoms with Gasteiger partial charge in [0.25, 0.3) is 0 Å². The molecule has 0 saturated heterocycles. The lowest BCUT2D eigenvalue weighted by Crippen LogP contribution is -2.15. The van der Waals surface area contributed by atoms with Crippen LogP contribution in [0, 0.1) is 0 Å². The Morgan fingerprint density at radius 3 is 3.12 bits per heavy atom. The molecule has 86 valence electrons. The molecule has 2 aromatic heterocycles. The van der Waals surface area contributed by atoms with Gasteiger partial charge in [-0.05, 0) is 6.42 Å². The zero-order chi connectivity index (χ0) is 11.4. The van der Waals surface area contributed by atoms with E-state index in [9.17, 15) is 0 Å². The van der Waals surface area contributed by atoms with Crippen LogP contribution in [0.25, 0.3) is 0 Å². The SMILES string of the molecule is CC[C@@H](N)c1cncn1CCc1ncon1. The van der Waals surface area contributed by atoms with Gasteiger partial charge in [-0.3, -0.25) is 0 Å². The first kappa shape index (κ1) is 10.8. The van der Waals surface area contributed by atoms with E-state index in [-0.39, 0.29) is 6.04 Å². The molecule has 0 radical (unpaired) electrons. The zero-order valence-electron chi connectivity index (χ0n) is 9.21. The van der Waals surface area contributed by atoms with E-state index in [0.717, 1.165) is 25.1 Å². The van der Waals surface area contributed by atoms with E-state index < -0.39 is 0 Å². The van der Waals surface area contributed by atoms with E-state index in [2.05, 4.69) is 26.6 Å². The Morgan fingerprint density at radius 1 is 1.56 bits per heavy atom. The van der Waals surface area contributed by atoms with E-state index in [1.54, 1.807) is 6.33 Å². The molecule has 0 aliphatic rings. The predicted octanol–water partition coefficient (Wildman–Crippen LogP) is 0.919. The number of imidazole rings is 1. The van der Waals surface area contributed by atoms with Crippen LogP contribution in [-0.2, 0) is 13.0 Å². The third-order valence-electron chi connectivity index (χ3n) is 2.55. The molecule has 0 fully saturated rings. The van der Waals surface area contributed by atoms with Crippen LogP contribution in [0.2, 0.25) is 0 Å². The van der Waals surface area contributed by atoms with Crippen molar-refractivity contribution in [3.63, 3.8) is 0 Å². The van der Waals surface area contributed by atoms with Gasteiger partial charge in [0.2, 0.25) is 6.39 Å². The Kier molecular flexibility index (Phi) is 3.31. The molecule has 2 rings (SSSR count). The van der Waals surface area contributed by atoms with Crippen molar-refractivity contribution in [2.45, 2.75) is 32.4 Å². The number of nitrogens with two attached hydrogens (primary N) is 1. The van der Waals surface area contributed by atoms with Crippen molar-refractivity contribution in [3.8, 4) is 0 Å². The normalized spacial score (nSPS) is 12.9. The number of aryl methyl sites for hydroxylation is 2. The molecule has 0 unspecified atom stereocenters. The Hall–Kier alpha value is -1.69. The molecule has 0 amide bonds. The summed E-state index contributed by atoms with van der Waals surface area (Å²) in [7, 11) is 0. The quantitative estimate of drug-likeness (QED) is 0.811. The third kappa shape index (κ3) is 2.27. The zero-order valence-corrected chi connectivity index (χ0v) is 9.21. The first-order chi connectivity index (χ1) is 7.81. The van der Waals surface area contributed by atoms with Crippen LogP contribution in [0.4, 0.5) is 0 Å². The molecule has 0 saturated carbocycles. The molecule has 1 atom stereocenters. The molecule has 6 heteroatoms. The van der Waals surface area contributed by atoms with Gasteiger partial charge >= 0.3 is 0 Å². The van der Waals surface area contributed by atoms with Gasteiger partial charge in [0.1, 0.15) is 0 Å². The van der Waals surface area contributed by atoms with Gasteiger partial charge in [0, 0.05) is 25.2 Å². The standard InChI is InChI=1S/C10H15N5O/c1-2-8(11)9-5-12-6-15(9)4-3-10-13-7-16-14-10/h5-8H,2-4,11H2,1H3/t8-/m1/s1. The maximum atomic E-state index is 5.98. The summed E-state index contributed by atoms with van der Waals surface area (Å²) in [5.74, 6) is 0.699. The van der Waals surface area contributed by atoms with E-state index >= 15 is 0 Å². The second-order valence-electron chi connectivity index (χ2n) is 3.62. The average molecular weight is 221 g/mol. The minimum absolute atomic E-state index is 0.0350. The van der Waals surface area contributed by atoms with E-state index in [1.165, 1.54) is 6.39 Å². The van der Waals surface area contributed by atoms with Crippen LogP contribution in [0.1, 0.15) is 30.9 Å². The smallest absolute Gasteiger partial charge is 0.213 e. The third-order valence-corrected chi connectivity index (χ3v) is 2.55. The summed E-state index contributed by atoms with van der Waals surface area (Å²) in [6, 6.07) is 0.0350. The maximum Gasteiger partial charge on any atom is 0.213 e. The summed E-state index contributed by atoms with van der Waals surface area (Å²) in [5, 5.41) is 3.76. The van der Waals surface area contributed by atoms with E-state index in [4.69, 9.17) is 5.73 Å². The topological polar surface area (TPSA) is 82.8 Å². The highest BCUT2D eigenvalue weighted by Crippen LogP contribution is 2.13. The first-order valence-corrected chi connectivity index (χ1v) is 5.32. The lowest BCUT2D eigenvalue weighted by atomic mass is 10.2. The fourth-order valence-corrected chi connectivity index (χ4v) is 1.56. The van der Waals surface area contributed by atoms with Crippen LogP contribution in [-0.4, -0.2) is 19.7 Å². The lowest BCUT2D eigenvalue weighted by Gasteiger charge is -2.11. The largest absolute Gasteiger partial charge is 0.343 e. The van der Waals surface area contributed by atoms with Gasteiger partial charge in [-0.2, -0.15) is 4.98 Å². The summed E-state index contributed by atoms with van der Waals surface area (Å²) < 4.78 is 6.70. The maximum absolute atomic E-state index is 5.98. The van der Waals surface area contributed by atoms with Crippen molar-refractivity contribution in [3.05, 3.63) is 30.4 Å². The monoisotopic (exact) mass is 221 g/mol. The highest BCUT2D eigenvalue weighted by molar-refractivity contribution is 5.04. The summed E-state index contributed by atoms with van der Waals surface area (Å²) in [6.45, 7) is 2.82. The van der Waals surface area contributed by atoms with Crippen molar-refractivity contribution in [2.24, 2.45) is 5.73 Å². The molecule has 16 heavy (non-hydrogen) atoms. The van der Waals surface area contributed by atoms with Crippen LogP contribution in [0.15, 0.2) is 23.4 Å². The van der Waals surface area contributed by atoms with Crippen LogP contribution < -0.4 is 5.73 Å². The highest BCUT2D eigenvalue weighted by Gasteiger charge is 2.09. The van der Waals surface area contributed by atoms with Crippen LogP contribution in [0.5, 0.6) is 0 Å². The highest BCUT2D eigenvalue weighted by atomic mass is 16.5. The van der Waals surface area contributed by atoms with Crippen molar-refractivity contribution < 1.29 is 4.52 Å². The van der Waals surface area contributed by atoms with Gasteiger partial charge in [0.05, 0.1) is 12.0 Å². The van der Waals surface area contributed by atoms with Crippen molar-refractivity contribution >= 4 is 0 Å². The molecule has 6 nitrogen and oxygen atoms in total. The molecule has 0 spiro atoms. The molecule has 0 aliphatic carbocycles. The van der Waals surface area contributed by atoms with Crippen molar-refractivity contribution in [1.82, 2.24) is 19.7 Å². The second kappa shape index (κ2) is 4.89. The minimum atomic E-state index is 0.0350. The van der Waals surface area contributed by atoms with Crippen molar-refractivity contribution in [1.29, 1.82) is 0 Å². The van der Waals surface area contributed by atoms with Gasteiger partial charge in [-0.25, -0.2) is 4.98 Å². The molecular weight excluding hydrogens is 206 g/mol. The molecule has 0 aromatic carbocycles. The predicted molar refractivity (Wildman–Crippen MR) is 57.4 cm³/mol. The van der Waals surface area contributed by atoms with Gasteiger partial charge in [0.15, 0.2) is 5.82 Å². The summed E-state index contributed by atoms with van der Waals surface area (Å²) in [6.07, 6.45) is 6.54. The van der Waals surface area contributed by atoms with Gasteiger partial charge in [-0.1, -0.05) is 12.1 Å². The Labute approximate surface area is 93.5 Å². The van der Waals surface area contributed by atoms with Gasteiger partial charge in [-0.15, -0.1) is 0 Å². The molecule has 0 aliphatic heterocycles. The second-order valence-corrected chi connectivity index (χ2v) is 3.62. The fourth-order valence-electron chi connectivity index (χ4n) is 1.56. The Bertz CT molecular complexity index is 422. The van der Waals surface area contributed by atoms with Crippen molar-refractivity contribution in [2.75, 3.05) is 0 Å². The lowest BCUT2D eigenvalue weighted by molar-refractivity contribution is 0.408. The summed E-state index contributed by atoms with van der Waals surface area (Å²) in [5.41, 5.74) is 7.03. The Balaban J connectivity index is 2.01. The number of aromatic nitrogens is 4. The minimum Gasteiger partial charge on any atom is -0.343 e. The molecule has 2 heterocycles. The van der Waals surface area contributed by atoms with Crippen LogP contribution >= 0.6 is 0 Å². The van der Waals surface area contributed by atoms with E-state index in [0.29, 0.717) is 5.82 Å².